The van der Waals surface area contributed by atoms with Crippen molar-refractivity contribution >= 4 is 32.5 Å². The smallest absolute Gasteiger partial charge is 0.278 e. The van der Waals surface area contributed by atoms with Gasteiger partial charge in [0.25, 0.3) is 15.2 Å². The van der Waals surface area contributed by atoms with Crippen molar-refractivity contribution in [2.75, 3.05) is 44.2 Å². The van der Waals surface area contributed by atoms with Gasteiger partial charge < -0.3 is 14.9 Å². The molecular weight excluding hydrogens is 434 g/mol. The van der Waals surface area contributed by atoms with E-state index in [-0.39, 0.29) is 35.8 Å². The van der Waals surface area contributed by atoms with E-state index in [9.17, 15) is 18.3 Å². The molecular formula is C20H23N7O4S. The van der Waals surface area contributed by atoms with Crippen LogP contribution in [0.4, 0.5) is 5.69 Å². The van der Waals surface area contributed by atoms with Gasteiger partial charge in [-0.2, -0.15) is 9.40 Å². The Labute approximate surface area is 184 Å². The van der Waals surface area contributed by atoms with Gasteiger partial charge in [0.1, 0.15) is 12.1 Å². The van der Waals surface area contributed by atoms with Crippen LogP contribution in [-0.4, -0.2) is 88.1 Å². The highest BCUT2D eigenvalue weighted by Gasteiger charge is 2.39. The number of fused-ring (bicyclic) bond motifs is 1. The summed E-state index contributed by atoms with van der Waals surface area (Å²) in [6.45, 7) is 2.89. The van der Waals surface area contributed by atoms with Crippen LogP contribution in [0.25, 0.3) is 10.9 Å². The van der Waals surface area contributed by atoms with E-state index < -0.39 is 10.0 Å². The van der Waals surface area contributed by atoms with Crippen LogP contribution in [0.5, 0.6) is 5.75 Å². The minimum atomic E-state index is -3.76. The number of nitrogens with zero attached hydrogens (tertiary/aromatic N) is 6. The standard InChI is InChI=1S/C20H23N7O4S/c28-15-1-2-16-17(11-15)21-5-3-18(16)25-7-9-26(10-8-25)19(29)14-4-6-27(12-14)32(30,31)20-22-13-23-24-20/h1-3,5,11,13-14,28H,4,6-10,12H2,(H,22,23,24)/t14-/m0/s1. The van der Waals surface area contributed by atoms with Crippen molar-refractivity contribution in [1.29, 1.82) is 0 Å². The third kappa shape index (κ3) is 3.65. The summed E-state index contributed by atoms with van der Waals surface area (Å²) in [6, 6.07) is 7.08. The summed E-state index contributed by atoms with van der Waals surface area (Å²) in [5.74, 6) is -0.193. The zero-order valence-corrected chi connectivity index (χ0v) is 18.1. The largest absolute Gasteiger partial charge is 0.508 e. The van der Waals surface area contributed by atoms with Gasteiger partial charge in [-0.05, 0) is 24.6 Å². The Kier molecular flexibility index (Phi) is 5.18. The molecule has 0 bridgehead atoms. The molecule has 0 unspecified atom stereocenters. The SMILES string of the molecule is O=C([C@H]1CCN(S(=O)(=O)c2ncn[nH]2)C1)N1CCN(c2ccnc3cc(O)ccc23)CC1. The van der Waals surface area contributed by atoms with Gasteiger partial charge in [0.2, 0.25) is 5.91 Å². The molecule has 0 spiro atoms. The maximum Gasteiger partial charge on any atom is 0.278 e. The average Bonchev–Trinajstić information content (AvgIpc) is 3.51. The Morgan fingerprint density at radius 2 is 1.91 bits per heavy atom. The second-order valence-electron chi connectivity index (χ2n) is 7.98. The number of carbonyl (C=O) groups excluding carboxylic acids is 1. The van der Waals surface area contributed by atoms with Crippen molar-refractivity contribution in [3.8, 4) is 5.75 Å². The maximum atomic E-state index is 13.1. The van der Waals surface area contributed by atoms with Crippen LogP contribution in [-0.2, 0) is 14.8 Å². The van der Waals surface area contributed by atoms with Crippen LogP contribution in [0.2, 0.25) is 0 Å². The number of phenolic OH excluding ortho intramolecular Hbond substituents is 1. The van der Waals surface area contributed by atoms with Crippen LogP contribution >= 0.6 is 0 Å². The third-order valence-electron chi connectivity index (χ3n) is 6.11. The second kappa shape index (κ2) is 8.02. The summed E-state index contributed by atoms with van der Waals surface area (Å²) < 4.78 is 26.5. The fraction of sp³-hybridized carbons (Fsp3) is 0.400. The molecule has 2 aromatic heterocycles. The van der Waals surface area contributed by atoms with Crippen molar-refractivity contribution < 1.29 is 18.3 Å². The zero-order valence-electron chi connectivity index (χ0n) is 17.3. The predicted molar refractivity (Wildman–Crippen MR) is 115 cm³/mol. The minimum Gasteiger partial charge on any atom is -0.508 e. The molecule has 1 amide bonds. The van der Waals surface area contributed by atoms with E-state index >= 15 is 0 Å². The second-order valence-corrected chi connectivity index (χ2v) is 9.84. The van der Waals surface area contributed by atoms with E-state index in [4.69, 9.17) is 0 Å². The van der Waals surface area contributed by atoms with Crippen LogP contribution in [0.3, 0.4) is 0 Å². The van der Waals surface area contributed by atoms with Crippen LogP contribution in [0.1, 0.15) is 6.42 Å². The number of pyridine rings is 1. The molecule has 12 heteroatoms. The van der Waals surface area contributed by atoms with Gasteiger partial charge in [-0.15, -0.1) is 0 Å². The van der Waals surface area contributed by atoms with Gasteiger partial charge in [0, 0.05) is 62.6 Å². The highest BCUT2D eigenvalue weighted by Crippen LogP contribution is 2.29. The summed E-state index contributed by atoms with van der Waals surface area (Å²) in [5, 5.41) is 16.5. The Hall–Kier alpha value is -3.25. The first kappa shape index (κ1) is 20.6. The number of H-pyrrole nitrogens is 1. The molecule has 0 saturated carbocycles. The van der Waals surface area contributed by atoms with Crippen LogP contribution in [0, 0.1) is 5.92 Å². The minimum absolute atomic E-state index is 0.00979. The van der Waals surface area contributed by atoms with E-state index in [0.717, 1.165) is 22.9 Å². The molecule has 2 saturated heterocycles. The molecule has 3 aromatic rings. The Balaban J connectivity index is 1.23. The zero-order chi connectivity index (χ0) is 22.3. The summed E-state index contributed by atoms with van der Waals surface area (Å²) in [6.07, 6.45) is 3.36. The van der Waals surface area contributed by atoms with Gasteiger partial charge >= 0.3 is 0 Å². The molecule has 1 atom stereocenters. The lowest BCUT2D eigenvalue weighted by Gasteiger charge is -2.37. The number of anilines is 1. The van der Waals surface area contributed by atoms with E-state index in [2.05, 4.69) is 25.1 Å². The first-order chi connectivity index (χ1) is 15.4. The Bertz CT molecular complexity index is 1240. The monoisotopic (exact) mass is 457 g/mol. The lowest BCUT2D eigenvalue weighted by molar-refractivity contribution is -0.135. The molecule has 0 radical (unpaired) electrons. The number of sulfonamides is 1. The van der Waals surface area contributed by atoms with Crippen molar-refractivity contribution in [2.45, 2.75) is 11.6 Å². The number of aromatic amines is 1. The number of phenols is 1. The number of aromatic hydroxyl groups is 1. The van der Waals surface area contributed by atoms with Crippen molar-refractivity contribution in [2.24, 2.45) is 5.92 Å². The molecule has 4 heterocycles. The summed E-state index contributed by atoms with van der Waals surface area (Å²) in [5.41, 5.74) is 1.74. The number of benzene rings is 1. The topological polar surface area (TPSA) is 136 Å². The quantitative estimate of drug-likeness (QED) is 0.575. The first-order valence-corrected chi connectivity index (χ1v) is 11.8. The van der Waals surface area contributed by atoms with Crippen molar-refractivity contribution in [1.82, 2.24) is 29.4 Å². The normalized spacial score (nSPS) is 20.2. The van der Waals surface area contributed by atoms with Gasteiger partial charge in [-0.25, -0.2) is 18.5 Å². The lowest BCUT2D eigenvalue weighted by Crippen LogP contribution is -2.50. The van der Waals surface area contributed by atoms with Crippen molar-refractivity contribution in [3.05, 3.63) is 36.8 Å². The summed E-state index contributed by atoms with van der Waals surface area (Å²) in [4.78, 5) is 25.2. The van der Waals surface area contributed by atoms with Crippen LogP contribution in [0.15, 0.2) is 41.9 Å². The number of rotatable bonds is 4. The number of nitrogens with one attached hydrogen (secondary N) is 1. The van der Waals surface area contributed by atoms with Gasteiger partial charge in [-0.1, -0.05) is 0 Å². The van der Waals surface area contributed by atoms with E-state index in [1.807, 2.05) is 17.0 Å². The fourth-order valence-corrected chi connectivity index (χ4v) is 5.73. The highest BCUT2D eigenvalue weighted by atomic mass is 32.2. The summed E-state index contributed by atoms with van der Waals surface area (Å²) >= 11 is 0. The Morgan fingerprint density at radius 1 is 1.09 bits per heavy atom. The van der Waals surface area contributed by atoms with Gasteiger partial charge in [0.05, 0.1) is 11.4 Å². The molecule has 2 aliphatic rings. The molecule has 168 valence electrons. The number of carbonyl (C=O) groups is 1. The number of aromatic nitrogens is 4. The molecule has 32 heavy (non-hydrogen) atoms. The van der Waals surface area contributed by atoms with Gasteiger partial charge in [-0.3, -0.25) is 9.78 Å². The number of hydrogen-bond donors (Lipinski definition) is 2. The lowest BCUT2D eigenvalue weighted by atomic mass is 10.1. The predicted octanol–water partition coefficient (Wildman–Crippen LogP) is 0.418. The Morgan fingerprint density at radius 3 is 2.66 bits per heavy atom. The molecule has 0 aliphatic carbocycles. The van der Waals surface area contributed by atoms with E-state index in [1.54, 1.807) is 18.3 Å². The number of piperazine rings is 1. The third-order valence-corrected chi connectivity index (χ3v) is 7.81. The van der Waals surface area contributed by atoms with Crippen molar-refractivity contribution in [3.63, 3.8) is 0 Å². The van der Waals surface area contributed by atoms with Crippen LogP contribution < -0.4 is 4.90 Å². The first-order valence-electron chi connectivity index (χ1n) is 10.4. The average molecular weight is 458 g/mol. The molecule has 11 nitrogen and oxygen atoms in total. The maximum absolute atomic E-state index is 13.1. The van der Waals surface area contributed by atoms with Gasteiger partial charge in [0.15, 0.2) is 0 Å². The summed E-state index contributed by atoms with van der Waals surface area (Å²) in [7, 11) is -3.76. The molecule has 2 aliphatic heterocycles. The van der Waals surface area contributed by atoms with E-state index in [1.165, 1.54) is 4.31 Å². The number of amides is 1. The highest BCUT2D eigenvalue weighted by molar-refractivity contribution is 7.89. The fourth-order valence-electron chi connectivity index (χ4n) is 4.41. The molecule has 2 fully saturated rings. The molecule has 2 N–H and O–H groups in total. The van der Waals surface area contributed by atoms with E-state index in [0.29, 0.717) is 32.6 Å². The number of hydrogen-bond acceptors (Lipinski definition) is 8. The molecule has 1 aromatic carbocycles. The molecule has 5 rings (SSSR count).